The molecule has 0 aromatic heterocycles. The van der Waals surface area contributed by atoms with Crippen LogP contribution < -0.4 is 10.4 Å². The van der Waals surface area contributed by atoms with Crippen LogP contribution in [0.3, 0.4) is 0 Å². The van der Waals surface area contributed by atoms with Gasteiger partial charge in [-0.25, -0.2) is 10.2 Å². The van der Waals surface area contributed by atoms with Gasteiger partial charge < -0.3 is 5.11 Å². The highest BCUT2D eigenvalue weighted by atomic mass is 19.4. The predicted molar refractivity (Wildman–Crippen MR) is 69.1 cm³/mol. The molecule has 0 unspecified atom stereocenters. The molecule has 0 spiro atoms. The summed E-state index contributed by atoms with van der Waals surface area (Å²) in [5, 5.41) is 18.9. The Hall–Kier alpha value is -2.53. The van der Waals surface area contributed by atoms with Gasteiger partial charge in [0, 0.05) is 7.05 Å². The molecule has 8 heteroatoms. The van der Waals surface area contributed by atoms with Gasteiger partial charge in [-0.1, -0.05) is 6.07 Å². The highest BCUT2D eigenvalue weighted by Gasteiger charge is 2.27. The van der Waals surface area contributed by atoms with E-state index in [1.165, 1.54) is 31.3 Å². The Bertz CT molecular complexity index is 591. The third-order valence-corrected chi connectivity index (χ3v) is 2.44. The summed E-state index contributed by atoms with van der Waals surface area (Å²) in [5.74, 6) is -1.52. The minimum Gasteiger partial charge on any atom is -0.477 e. The van der Waals surface area contributed by atoms with Crippen molar-refractivity contribution in [3.8, 4) is 6.07 Å². The number of nitriles is 1. The summed E-state index contributed by atoms with van der Waals surface area (Å²) in [4.78, 5) is 11.2. The number of carbonyl (C=O) groups is 1. The van der Waals surface area contributed by atoms with Crippen molar-refractivity contribution in [2.24, 2.45) is 0 Å². The van der Waals surface area contributed by atoms with Gasteiger partial charge in [0.15, 0.2) is 0 Å². The molecule has 0 bridgehead atoms. The number of nitrogens with zero attached hydrogens (tertiary/aromatic N) is 2. The summed E-state index contributed by atoms with van der Waals surface area (Å²) in [6.45, 7) is 0. The molecule has 0 saturated heterocycles. The fourth-order valence-electron chi connectivity index (χ4n) is 1.59. The van der Waals surface area contributed by atoms with E-state index in [9.17, 15) is 18.0 Å². The van der Waals surface area contributed by atoms with Gasteiger partial charge in [-0.2, -0.15) is 18.4 Å². The van der Waals surface area contributed by atoms with Crippen LogP contribution in [0.1, 0.15) is 12.0 Å². The molecule has 21 heavy (non-hydrogen) atoms. The van der Waals surface area contributed by atoms with Gasteiger partial charge in [0.2, 0.25) is 0 Å². The second-order valence-electron chi connectivity index (χ2n) is 3.93. The number of hydrogen-bond acceptors (Lipinski definition) is 4. The zero-order valence-electron chi connectivity index (χ0n) is 11.0. The maximum atomic E-state index is 12.2. The third kappa shape index (κ3) is 4.81. The highest BCUT2D eigenvalue weighted by molar-refractivity contribution is 5.90. The topological polar surface area (TPSA) is 76.4 Å². The molecule has 2 N–H and O–H groups in total. The molecule has 0 heterocycles. The fourth-order valence-corrected chi connectivity index (χ4v) is 1.59. The quantitative estimate of drug-likeness (QED) is 0.645. The molecule has 1 aromatic carbocycles. The van der Waals surface area contributed by atoms with Crippen molar-refractivity contribution in [3.05, 3.63) is 41.6 Å². The van der Waals surface area contributed by atoms with Crippen LogP contribution in [0.15, 0.2) is 36.0 Å². The van der Waals surface area contributed by atoms with Crippen molar-refractivity contribution in [2.75, 3.05) is 12.1 Å². The van der Waals surface area contributed by atoms with Gasteiger partial charge in [0.1, 0.15) is 5.70 Å². The molecule has 0 fully saturated rings. The number of rotatable bonds is 5. The predicted octanol–water partition coefficient (Wildman–Crippen LogP) is 2.42. The van der Waals surface area contributed by atoms with Gasteiger partial charge in [-0.05, 0) is 24.3 Å². The molecule has 0 radical (unpaired) electrons. The summed E-state index contributed by atoms with van der Waals surface area (Å²) in [7, 11) is 1.36. The standard InChI is InChI=1S/C13H12F3N3O2/c1-18-19(10-4-2-3-9(7-10)8-17)11(12(20)21)5-6-13(14,15)16/h2-5,7,18H,6H2,1H3,(H,20,21). The lowest BCUT2D eigenvalue weighted by molar-refractivity contribution is -0.133. The Morgan fingerprint density at radius 2 is 2.19 bits per heavy atom. The number of benzene rings is 1. The molecule has 0 amide bonds. The molecular formula is C13H12F3N3O2. The SMILES string of the molecule is CNN(C(=CCC(F)(F)F)C(=O)O)c1cccc(C#N)c1. The van der Waals surface area contributed by atoms with Crippen molar-refractivity contribution in [1.82, 2.24) is 5.43 Å². The van der Waals surface area contributed by atoms with Gasteiger partial charge in [0.25, 0.3) is 0 Å². The van der Waals surface area contributed by atoms with E-state index in [0.29, 0.717) is 6.08 Å². The number of alkyl halides is 3. The summed E-state index contributed by atoms with van der Waals surface area (Å²) in [5.41, 5.74) is 2.42. The first-order chi connectivity index (χ1) is 9.78. The Labute approximate surface area is 118 Å². The van der Waals surface area contributed by atoms with E-state index in [2.05, 4.69) is 5.43 Å². The van der Waals surface area contributed by atoms with E-state index in [-0.39, 0.29) is 11.3 Å². The lowest BCUT2D eigenvalue weighted by Gasteiger charge is -2.24. The van der Waals surface area contributed by atoms with E-state index < -0.39 is 24.3 Å². The van der Waals surface area contributed by atoms with Crippen LogP contribution in [-0.2, 0) is 4.79 Å². The smallest absolute Gasteiger partial charge is 0.392 e. The second-order valence-corrected chi connectivity index (χ2v) is 3.93. The number of nitrogens with one attached hydrogen (secondary N) is 1. The first-order valence-corrected chi connectivity index (χ1v) is 5.76. The van der Waals surface area contributed by atoms with Gasteiger partial charge in [-0.15, -0.1) is 0 Å². The Kier molecular flexibility index (Phi) is 5.32. The number of hydrazine groups is 1. The molecule has 112 valence electrons. The van der Waals surface area contributed by atoms with E-state index in [0.717, 1.165) is 5.01 Å². The molecule has 0 aliphatic heterocycles. The van der Waals surface area contributed by atoms with E-state index in [4.69, 9.17) is 10.4 Å². The number of halogens is 3. The summed E-state index contributed by atoms with van der Waals surface area (Å²) in [6.07, 6.45) is -5.31. The molecule has 0 atom stereocenters. The van der Waals surface area contributed by atoms with Crippen molar-refractivity contribution in [2.45, 2.75) is 12.6 Å². The summed E-state index contributed by atoms with van der Waals surface area (Å²) < 4.78 is 36.7. The average Bonchev–Trinajstić information content (AvgIpc) is 2.42. The Morgan fingerprint density at radius 1 is 1.52 bits per heavy atom. The number of allylic oxidation sites excluding steroid dienone is 1. The van der Waals surface area contributed by atoms with E-state index in [1.54, 1.807) is 0 Å². The van der Waals surface area contributed by atoms with Crippen LogP contribution >= 0.6 is 0 Å². The second kappa shape index (κ2) is 6.76. The monoisotopic (exact) mass is 299 g/mol. The van der Waals surface area contributed by atoms with Crippen LogP contribution in [0.2, 0.25) is 0 Å². The number of hydrogen-bond donors (Lipinski definition) is 2. The fraction of sp³-hybridized carbons (Fsp3) is 0.231. The molecular weight excluding hydrogens is 287 g/mol. The van der Waals surface area contributed by atoms with Crippen LogP contribution in [0.4, 0.5) is 18.9 Å². The zero-order chi connectivity index (χ0) is 16.0. The molecule has 0 aliphatic rings. The van der Waals surface area contributed by atoms with Crippen molar-refractivity contribution >= 4 is 11.7 Å². The van der Waals surface area contributed by atoms with Crippen LogP contribution in [0.25, 0.3) is 0 Å². The van der Waals surface area contributed by atoms with Crippen LogP contribution in [-0.4, -0.2) is 24.3 Å². The van der Waals surface area contributed by atoms with Crippen molar-refractivity contribution in [1.29, 1.82) is 5.26 Å². The first-order valence-electron chi connectivity index (χ1n) is 5.76. The van der Waals surface area contributed by atoms with Crippen molar-refractivity contribution in [3.63, 3.8) is 0 Å². The van der Waals surface area contributed by atoms with Crippen molar-refractivity contribution < 1.29 is 23.1 Å². The maximum absolute atomic E-state index is 12.2. The number of anilines is 1. The molecule has 0 saturated carbocycles. The highest BCUT2D eigenvalue weighted by Crippen LogP contribution is 2.24. The number of carboxylic acid groups (broad SMARTS) is 1. The van der Waals surface area contributed by atoms with Crippen LogP contribution in [0.5, 0.6) is 0 Å². The minimum atomic E-state index is -4.51. The maximum Gasteiger partial charge on any atom is 0.392 e. The lowest BCUT2D eigenvalue weighted by atomic mass is 10.2. The molecule has 5 nitrogen and oxygen atoms in total. The largest absolute Gasteiger partial charge is 0.477 e. The van der Waals surface area contributed by atoms with Gasteiger partial charge in [-0.3, -0.25) is 5.01 Å². The molecule has 0 aliphatic carbocycles. The van der Waals surface area contributed by atoms with E-state index in [1.807, 2.05) is 6.07 Å². The minimum absolute atomic E-state index is 0.243. The van der Waals surface area contributed by atoms with Gasteiger partial charge >= 0.3 is 12.1 Å². The van der Waals surface area contributed by atoms with Crippen LogP contribution in [0, 0.1) is 11.3 Å². The first kappa shape index (κ1) is 16.5. The summed E-state index contributed by atoms with van der Waals surface area (Å²) >= 11 is 0. The van der Waals surface area contributed by atoms with Gasteiger partial charge in [0.05, 0.1) is 23.7 Å². The molecule has 1 aromatic rings. The summed E-state index contributed by atoms with van der Waals surface area (Å²) in [6, 6.07) is 7.70. The molecule has 1 rings (SSSR count). The Balaban J connectivity index is 3.19. The number of carboxylic acids is 1. The zero-order valence-corrected chi connectivity index (χ0v) is 11.0. The number of aliphatic carboxylic acids is 1. The third-order valence-electron chi connectivity index (χ3n) is 2.44. The van der Waals surface area contributed by atoms with E-state index >= 15 is 0 Å². The Morgan fingerprint density at radius 3 is 2.67 bits per heavy atom. The normalized spacial score (nSPS) is 11.9. The lowest BCUT2D eigenvalue weighted by Crippen LogP contribution is -2.37. The average molecular weight is 299 g/mol.